The van der Waals surface area contributed by atoms with Crippen LogP contribution in [0.2, 0.25) is 0 Å². The van der Waals surface area contributed by atoms with Gasteiger partial charge in [0, 0.05) is 32.5 Å². The van der Waals surface area contributed by atoms with Gasteiger partial charge in [-0.3, -0.25) is 4.90 Å². The van der Waals surface area contributed by atoms with E-state index >= 15 is 0 Å². The van der Waals surface area contributed by atoms with Crippen LogP contribution >= 0.6 is 0 Å². The molecule has 3 aliphatic heterocycles. The Morgan fingerprint density at radius 3 is 2.52 bits per heavy atom. The van der Waals surface area contributed by atoms with E-state index in [4.69, 9.17) is 18.9 Å². The van der Waals surface area contributed by atoms with Gasteiger partial charge in [0.25, 0.3) is 0 Å². The zero-order chi connectivity index (χ0) is 14.3. The lowest BCUT2D eigenvalue weighted by Gasteiger charge is -2.34. The molecule has 1 saturated carbocycles. The van der Waals surface area contributed by atoms with Crippen LogP contribution in [-0.2, 0) is 18.9 Å². The predicted molar refractivity (Wildman–Crippen MR) is 73.7 cm³/mol. The molecule has 1 N–H and O–H groups in total. The number of aliphatic hydroxyl groups excluding tert-OH is 1. The van der Waals surface area contributed by atoms with Gasteiger partial charge in [-0.1, -0.05) is 6.42 Å². The summed E-state index contributed by atoms with van der Waals surface area (Å²) in [6.07, 6.45) is 3.80. The number of nitrogens with zero attached hydrogens (tertiary/aromatic N) is 1. The van der Waals surface area contributed by atoms with Gasteiger partial charge in [-0.25, -0.2) is 0 Å². The molecule has 4 fully saturated rings. The minimum absolute atomic E-state index is 0.223. The summed E-state index contributed by atoms with van der Waals surface area (Å²) in [7, 11) is 0. The summed E-state index contributed by atoms with van der Waals surface area (Å²) in [6.45, 7) is 4.02. The molecule has 4 aliphatic rings. The van der Waals surface area contributed by atoms with Gasteiger partial charge >= 0.3 is 0 Å². The average molecular weight is 299 g/mol. The molecule has 3 heterocycles. The fourth-order valence-electron chi connectivity index (χ4n) is 3.93. The maximum absolute atomic E-state index is 10.5. The number of morpholine rings is 1. The van der Waals surface area contributed by atoms with Crippen molar-refractivity contribution in [3.63, 3.8) is 0 Å². The highest BCUT2D eigenvalue weighted by atomic mass is 16.8. The molecule has 0 aromatic heterocycles. The van der Waals surface area contributed by atoms with Crippen LogP contribution in [0.1, 0.15) is 32.1 Å². The summed E-state index contributed by atoms with van der Waals surface area (Å²) in [5.41, 5.74) is 0. The Labute approximate surface area is 125 Å². The van der Waals surface area contributed by atoms with E-state index in [1.165, 1.54) is 6.42 Å². The summed E-state index contributed by atoms with van der Waals surface area (Å²) in [6, 6.07) is 0. The smallest absolute Gasteiger partial charge is 0.190 e. The molecule has 21 heavy (non-hydrogen) atoms. The van der Waals surface area contributed by atoms with Crippen LogP contribution in [0.5, 0.6) is 0 Å². The third-order valence-corrected chi connectivity index (χ3v) is 5.13. The van der Waals surface area contributed by atoms with Crippen molar-refractivity contribution in [1.82, 2.24) is 4.90 Å². The monoisotopic (exact) mass is 299 g/mol. The first-order valence-electron chi connectivity index (χ1n) is 8.25. The van der Waals surface area contributed by atoms with Crippen LogP contribution in [0.25, 0.3) is 0 Å². The van der Waals surface area contributed by atoms with Crippen LogP contribution in [0.3, 0.4) is 0 Å². The Morgan fingerprint density at radius 1 is 1.05 bits per heavy atom. The lowest BCUT2D eigenvalue weighted by Crippen LogP contribution is -2.46. The first-order valence-corrected chi connectivity index (χ1v) is 8.25. The molecule has 1 spiro atoms. The van der Waals surface area contributed by atoms with Crippen molar-refractivity contribution in [1.29, 1.82) is 0 Å². The number of fused-ring (bicyclic) bond motifs is 1. The topological polar surface area (TPSA) is 60.4 Å². The van der Waals surface area contributed by atoms with Gasteiger partial charge in [0.1, 0.15) is 18.3 Å². The van der Waals surface area contributed by atoms with Crippen molar-refractivity contribution in [2.75, 3.05) is 32.8 Å². The second kappa shape index (κ2) is 5.76. The zero-order valence-corrected chi connectivity index (χ0v) is 12.4. The Bertz CT molecular complexity index is 367. The van der Waals surface area contributed by atoms with E-state index in [9.17, 15) is 5.11 Å². The van der Waals surface area contributed by atoms with E-state index in [0.717, 1.165) is 58.5 Å². The lowest BCUT2D eigenvalue weighted by atomic mass is 9.94. The highest BCUT2D eigenvalue weighted by molar-refractivity contribution is 4.96. The first kappa shape index (κ1) is 14.4. The molecule has 0 aromatic carbocycles. The third kappa shape index (κ3) is 2.73. The average Bonchev–Trinajstić information content (AvgIpc) is 2.98. The van der Waals surface area contributed by atoms with Crippen molar-refractivity contribution in [2.45, 2.75) is 62.5 Å². The molecule has 1 aliphatic carbocycles. The Morgan fingerprint density at radius 2 is 1.81 bits per heavy atom. The maximum Gasteiger partial charge on any atom is 0.190 e. The number of rotatable bonds is 2. The Balaban J connectivity index is 1.36. The van der Waals surface area contributed by atoms with Crippen molar-refractivity contribution < 1.29 is 24.1 Å². The minimum Gasteiger partial charge on any atom is -0.387 e. The van der Waals surface area contributed by atoms with Crippen molar-refractivity contribution in [3.8, 4) is 0 Å². The quantitative estimate of drug-likeness (QED) is 0.800. The largest absolute Gasteiger partial charge is 0.387 e. The molecule has 6 heteroatoms. The standard InChI is InChI=1S/C15H25NO5/c17-12-11(10-16-6-8-18-9-7-16)19-14-13(12)20-15(21-14)4-2-1-3-5-15/h11-14,17H,1-10H2/t11-,12+,13-,14-/m1/s1. The lowest BCUT2D eigenvalue weighted by molar-refractivity contribution is -0.247. The number of aliphatic hydroxyl groups is 1. The molecule has 3 saturated heterocycles. The molecule has 4 rings (SSSR count). The molecule has 4 atom stereocenters. The molecule has 0 amide bonds. The van der Waals surface area contributed by atoms with Crippen LogP contribution in [0.4, 0.5) is 0 Å². The summed E-state index contributed by atoms with van der Waals surface area (Å²) in [5, 5.41) is 10.5. The molecule has 6 nitrogen and oxygen atoms in total. The number of hydrogen-bond acceptors (Lipinski definition) is 6. The summed E-state index contributed by atoms with van der Waals surface area (Å²) in [5.74, 6) is -0.488. The van der Waals surface area contributed by atoms with E-state index in [1.54, 1.807) is 0 Å². The van der Waals surface area contributed by atoms with Crippen LogP contribution in [0.15, 0.2) is 0 Å². The molecule has 120 valence electrons. The summed E-state index contributed by atoms with van der Waals surface area (Å²) < 4.78 is 23.5. The van der Waals surface area contributed by atoms with Gasteiger partial charge in [0.15, 0.2) is 12.1 Å². The van der Waals surface area contributed by atoms with E-state index in [-0.39, 0.29) is 12.2 Å². The fourth-order valence-corrected chi connectivity index (χ4v) is 3.93. The maximum atomic E-state index is 10.5. The van der Waals surface area contributed by atoms with Crippen LogP contribution < -0.4 is 0 Å². The van der Waals surface area contributed by atoms with E-state index < -0.39 is 18.2 Å². The van der Waals surface area contributed by atoms with Crippen LogP contribution in [-0.4, -0.2) is 73.2 Å². The second-order valence-electron chi connectivity index (χ2n) is 6.62. The summed E-state index contributed by atoms with van der Waals surface area (Å²) >= 11 is 0. The number of ether oxygens (including phenoxy) is 4. The molecular formula is C15H25NO5. The molecule has 0 unspecified atom stereocenters. The van der Waals surface area contributed by atoms with Crippen LogP contribution in [0, 0.1) is 0 Å². The molecule has 0 bridgehead atoms. The molecular weight excluding hydrogens is 274 g/mol. The highest BCUT2D eigenvalue weighted by Crippen LogP contribution is 2.45. The second-order valence-corrected chi connectivity index (χ2v) is 6.62. The van der Waals surface area contributed by atoms with Gasteiger partial charge in [-0.15, -0.1) is 0 Å². The Hall–Kier alpha value is -0.240. The molecule has 0 radical (unpaired) electrons. The van der Waals surface area contributed by atoms with Gasteiger partial charge < -0.3 is 24.1 Å². The van der Waals surface area contributed by atoms with E-state index in [0.29, 0.717) is 0 Å². The van der Waals surface area contributed by atoms with Crippen molar-refractivity contribution >= 4 is 0 Å². The molecule has 0 aromatic rings. The fraction of sp³-hybridized carbons (Fsp3) is 1.00. The van der Waals surface area contributed by atoms with E-state index in [2.05, 4.69) is 4.90 Å². The SMILES string of the molecule is O[C@@H]1[C@H]2OC3(CCCCC3)O[C@H]2O[C@@H]1CN1CCOCC1. The van der Waals surface area contributed by atoms with E-state index in [1.807, 2.05) is 0 Å². The number of hydrogen-bond donors (Lipinski definition) is 1. The van der Waals surface area contributed by atoms with Gasteiger partial charge in [-0.05, 0) is 12.8 Å². The van der Waals surface area contributed by atoms with Gasteiger partial charge in [-0.2, -0.15) is 0 Å². The third-order valence-electron chi connectivity index (χ3n) is 5.13. The van der Waals surface area contributed by atoms with Gasteiger partial charge in [0.05, 0.1) is 13.2 Å². The van der Waals surface area contributed by atoms with Crippen molar-refractivity contribution in [3.05, 3.63) is 0 Å². The predicted octanol–water partition coefficient (Wildman–Crippen LogP) is 0.480. The first-order chi connectivity index (χ1) is 10.3. The van der Waals surface area contributed by atoms with Gasteiger partial charge in [0.2, 0.25) is 0 Å². The summed E-state index contributed by atoms with van der Waals surface area (Å²) in [4.78, 5) is 2.27. The normalized spacial score (nSPS) is 43.3. The van der Waals surface area contributed by atoms with Crippen molar-refractivity contribution in [2.24, 2.45) is 0 Å². The Kier molecular flexibility index (Phi) is 3.94. The zero-order valence-electron chi connectivity index (χ0n) is 12.4. The minimum atomic E-state index is -0.598. The highest BCUT2D eigenvalue weighted by Gasteiger charge is 2.57.